The number of carbonyl (C=O) groups is 8. The second-order valence-corrected chi connectivity index (χ2v) is 23.7. The van der Waals surface area contributed by atoms with Crippen LogP contribution in [0.2, 0.25) is 0 Å². The van der Waals surface area contributed by atoms with Crippen LogP contribution in [-0.2, 0) is 42.9 Å². The van der Waals surface area contributed by atoms with E-state index in [1.165, 1.54) is 43.2 Å². The number of rotatable bonds is 22. The van der Waals surface area contributed by atoms with Gasteiger partial charge in [-0.2, -0.15) is 0 Å². The smallest absolute Gasteiger partial charge is 0.261 e. The zero-order valence-corrected chi connectivity index (χ0v) is 50.8. The summed E-state index contributed by atoms with van der Waals surface area (Å²) in [5.41, 5.74) is 6.60. The number of phenols is 1. The number of aliphatic hydroxyl groups excluding tert-OH is 7. The predicted octanol–water partition coefficient (Wildman–Crippen LogP) is -0.790. The van der Waals surface area contributed by atoms with Gasteiger partial charge in [-0.05, 0) is 73.0 Å². The van der Waals surface area contributed by atoms with Crippen molar-refractivity contribution in [3.05, 3.63) is 84.1 Å². The highest BCUT2D eigenvalue weighted by molar-refractivity contribution is 7.90. The van der Waals surface area contributed by atoms with Crippen LogP contribution in [0.4, 0.5) is 0 Å². The zero-order valence-electron chi connectivity index (χ0n) is 49.2. The van der Waals surface area contributed by atoms with E-state index in [1.54, 1.807) is 18.3 Å². The number of thiazole rings is 1. The van der Waals surface area contributed by atoms with Crippen LogP contribution >= 0.6 is 23.7 Å². The van der Waals surface area contributed by atoms with Crippen molar-refractivity contribution in [3.8, 4) is 38.3 Å². The lowest BCUT2D eigenvalue weighted by Gasteiger charge is -2.34. The summed E-state index contributed by atoms with van der Waals surface area (Å²) >= 11 is 1.37. The van der Waals surface area contributed by atoms with Crippen LogP contribution < -0.4 is 41.2 Å². The van der Waals surface area contributed by atoms with Gasteiger partial charge >= 0.3 is 0 Å². The normalized spacial score (nSPS) is 25.3. The molecule has 1 aromatic heterocycles. The Labute approximate surface area is 524 Å². The van der Waals surface area contributed by atoms with Crippen LogP contribution in [-0.4, -0.2) is 207 Å². The fourth-order valence-electron chi connectivity index (χ4n) is 10.6. The molecular formula is C58H75N9O21S2. The highest BCUT2D eigenvalue weighted by atomic mass is 32.2. The van der Waals surface area contributed by atoms with E-state index < -0.39 is 183 Å². The van der Waals surface area contributed by atoms with Crippen LogP contribution in [0.3, 0.4) is 0 Å². The number of primary amides is 1. The van der Waals surface area contributed by atoms with Gasteiger partial charge in [-0.1, -0.05) is 67.1 Å². The molecule has 30 nitrogen and oxygen atoms in total. The number of nitrogens with one attached hydrogen (secondary N) is 5. The maximum atomic E-state index is 14.7. The molecule has 3 aliphatic heterocycles. The second kappa shape index (κ2) is 32.4. The molecule has 3 aromatic carbocycles. The summed E-state index contributed by atoms with van der Waals surface area (Å²) in [7, 11) is 0. The van der Waals surface area contributed by atoms with Gasteiger partial charge in [0.05, 0.1) is 48.4 Å². The van der Waals surface area contributed by atoms with Gasteiger partial charge in [-0.15, -0.1) is 11.3 Å². The molecule has 490 valence electrons. The number of phenolic OH excluding ortho intramolecular Hbond substituents is 1. The number of carbonyl (C=O) groups excluding carboxylic acids is 8. The molecular weight excluding hydrogens is 1220 g/mol. The minimum absolute atomic E-state index is 0.0172. The quantitative estimate of drug-likeness (QED) is 0.0198. The Morgan fingerprint density at radius 3 is 2.14 bits per heavy atom. The number of benzene rings is 3. The molecule has 13 unspecified atom stereocenters. The molecule has 3 aliphatic rings. The summed E-state index contributed by atoms with van der Waals surface area (Å²) in [6.45, 7) is 3.49. The number of hydrogen-bond donors (Lipinski definition) is 15. The number of ether oxygens (including phenoxy) is 1. The number of hydrogen-bond acceptors (Lipinski definition) is 24. The van der Waals surface area contributed by atoms with Gasteiger partial charge in [0.1, 0.15) is 59.2 Å². The molecule has 32 heteroatoms. The second-order valence-electron chi connectivity index (χ2n) is 22.2. The summed E-state index contributed by atoms with van der Waals surface area (Å²) in [6, 6.07) is 4.48. The molecule has 90 heavy (non-hydrogen) atoms. The number of nitrogens with zero attached hydrogens (tertiary/aromatic N) is 3. The fraction of sp³-hybridized carbons (Fsp3) is 0.500. The van der Waals surface area contributed by atoms with E-state index in [0.29, 0.717) is 12.2 Å². The summed E-state index contributed by atoms with van der Waals surface area (Å²) in [6.07, 6.45) is -8.83. The van der Waals surface area contributed by atoms with Crippen molar-refractivity contribution in [2.24, 2.45) is 11.7 Å². The van der Waals surface area contributed by atoms with Crippen molar-refractivity contribution >= 4 is 70.9 Å². The Balaban J connectivity index is 1.18. The molecule has 0 radical (unpaired) electrons. The fourth-order valence-corrected chi connectivity index (χ4v) is 11.8. The van der Waals surface area contributed by atoms with Gasteiger partial charge in [-0.25, -0.2) is 10.2 Å². The van der Waals surface area contributed by atoms with Crippen molar-refractivity contribution in [2.75, 3.05) is 26.2 Å². The molecule has 0 bridgehead atoms. The molecule has 0 aliphatic carbocycles. The van der Waals surface area contributed by atoms with Crippen molar-refractivity contribution in [2.45, 2.75) is 151 Å². The molecule has 14 atom stereocenters. The number of nitrogens with two attached hydrogens (primary N) is 1. The van der Waals surface area contributed by atoms with Gasteiger partial charge < -0.3 is 91.9 Å². The van der Waals surface area contributed by atoms with E-state index in [4.69, 9.17) is 19.9 Å². The molecule has 16 N–H and O–H groups in total. The van der Waals surface area contributed by atoms with E-state index in [2.05, 4.69) is 47.9 Å². The molecule has 0 saturated carbocycles. The highest BCUT2D eigenvalue weighted by Gasteiger charge is 2.50. The molecule has 0 spiro atoms. The average molecular weight is 1300 g/mol. The standard InChI is InChI=1S/C58H75N9O21S2/c1-4-5-6-7-8-19-85-36-16-13-32(14-17-36)56-61-25-42(89-56)30-9-11-31(12-10-30)51(77)62-37-21-34(69)24-60-55(81)47-48(74)28(2)26-67(47)58(83)45(40(72)23-43(59)73)64-54(80)46(50(76)49(75)33-15-18-39(71)41(20-33)86-90-88-87-84)65-53(79)38-22-35(70)27-66(38)57(82)44(29(3)68)63-52(37)78/h9-18,20,25,28-29,34-35,37-38,40,44-50,68-72,74-76,84H,4-8,19,21-24,26-27H2,1-3H3,(H2,59,73)(H,60,81)(H,62,77)(H,63,78)(H,64,80)(H,65,79)/t28?,29?,34?,35?,37-,38?,40?,44?,45?,46?,47?,48?,49?,50?/m0/s1. The van der Waals surface area contributed by atoms with E-state index in [-0.39, 0.29) is 23.5 Å². The maximum absolute atomic E-state index is 14.7. The number of fused-ring (bicyclic) bond motifs is 2. The first-order chi connectivity index (χ1) is 42.9. The molecule has 8 amide bonds. The molecule has 3 fully saturated rings. The third-order valence-electron chi connectivity index (χ3n) is 15.5. The third kappa shape index (κ3) is 17.9. The number of aromatic hydroxyl groups is 1. The van der Waals surface area contributed by atoms with Gasteiger partial charge in [-0.3, -0.25) is 38.4 Å². The van der Waals surface area contributed by atoms with Gasteiger partial charge in [0.25, 0.3) is 18.2 Å². The van der Waals surface area contributed by atoms with Crippen molar-refractivity contribution in [1.29, 1.82) is 0 Å². The van der Waals surface area contributed by atoms with E-state index in [1.807, 2.05) is 24.3 Å². The van der Waals surface area contributed by atoms with E-state index in [9.17, 15) is 79.2 Å². The monoisotopic (exact) mass is 1300 g/mol. The summed E-state index contributed by atoms with van der Waals surface area (Å²) in [5.74, 6) is -11.1. The molecule has 4 aromatic rings. The molecule has 3 saturated heterocycles. The average Bonchev–Trinajstić information content (AvgIpc) is 1.69. The zero-order chi connectivity index (χ0) is 65.5. The summed E-state index contributed by atoms with van der Waals surface area (Å²) in [4.78, 5) is 120. The van der Waals surface area contributed by atoms with Crippen LogP contribution in [0, 0.1) is 5.92 Å². The van der Waals surface area contributed by atoms with Crippen molar-refractivity contribution < 1.29 is 103 Å². The lowest BCUT2D eigenvalue weighted by atomic mass is 9.96. The van der Waals surface area contributed by atoms with Crippen LogP contribution in [0.5, 0.6) is 17.2 Å². The lowest BCUT2D eigenvalue weighted by molar-refractivity contribution is -0.433. The SMILES string of the molecule is CCCCCCCOc1ccc(-c2ncc(-c3ccc(C(=O)N[C@H]4CC(O)CNC(=O)C5C(O)C(C)CN5C(=O)C(C(O)CC(N)=O)NC(=O)C(C(O)C(O)c5ccc(O)c(OSOOO)c5)NC(=O)C5CC(O)CN5C(=O)C(C(C)O)NC4=O)cc3)s2)cc1. The topological polar surface area (TPSA) is 461 Å². The lowest BCUT2D eigenvalue weighted by Crippen LogP contribution is -2.64. The predicted molar refractivity (Wildman–Crippen MR) is 318 cm³/mol. The van der Waals surface area contributed by atoms with Gasteiger partial charge in [0.2, 0.25) is 41.4 Å². The van der Waals surface area contributed by atoms with E-state index >= 15 is 0 Å². The summed E-state index contributed by atoms with van der Waals surface area (Å²) in [5, 5.41) is 115. The first-order valence-electron chi connectivity index (χ1n) is 29.0. The largest absolute Gasteiger partial charge is 0.504 e. The highest BCUT2D eigenvalue weighted by Crippen LogP contribution is 2.36. The Morgan fingerprint density at radius 2 is 1.47 bits per heavy atom. The van der Waals surface area contributed by atoms with Gasteiger partial charge in [0, 0.05) is 55.7 Å². The Bertz CT molecular complexity index is 3140. The van der Waals surface area contributed by atoms with Crippen molar-refractivity contribution in [1.82, 2.24) is 41.4 Å². The first-order valence-corrected chi connectivity index (χ1v) is 30.5. The first kappa shape index (κ1) is 69.9. The number of β-amino-alcohol motifs (C(OH)–C–C–N with tert-alkyl or cyclic N) is 1. The molecule has 4 heterocycles. The third-order valence-corrected chi connectivity index (χ3v) is 17.0. The summed E-state index contributed by atoms with van der Waals surface area (Å²) < 4.78 is 15.1. The van der Waals surface area contributed by atoms with E-state index in [0.717, 1.165) is 75.4 Å². The maximum Gasteiger partial charge on any atom is 0.261 e. The Morgan fingerprint density at radius 1 is 0.800 bits per heavy atom. The number of unbranched alkanes of at least 4 members (excludes halogenated alkanes) is 4. The number of aliphatic hydroxyl groups is 7. The minimum Gasteiger partial charge on any atom is -0.504 e. The van der Waals surface area contributed by atoms with Crippen molar-refractivity contribution in [3.63, 3.8) is 0 Å². The Hall–Kier alpha value is -7.60. The number of aromatic nitrogens is 1. The van der Waals surface area contributed by atoms with Crippen LogP contribution in [0.1, 0.15) is 94.2 Å². The van der Waals surface area contributed by atoms with Gasteiger partial charge in [0.15, 0.2) is 11.5 Å². The minimum atomic E-state index is -2.53. The Kier molecular flexibility index (Phi) is 25.2. The number of amides is 8. The van der Waals surface area contributed by atoms with Crippen LogP contribution in [0.15, 0.2) is 72.9 Å². The van der Waals surface area contributed by atoms with Crippen LogP contribution in [0.25, 0.3) is 21.0 Å². The molecule has 7 rings (SSSR count).